The second kappa shape index (κ2) is 8.15. The lowest BCUT2D eigenvalue weighted by Crippen LogP contribution is -3.16. The number of nitrogens with one attached hydrogen (secondary N) is 1. The summed E-state index contributed by atoms with van der Waals surface area (Å²) in [6, 6.07) is 8.33. The Labute approximate surface area is 115 Å². The largest absolute Gasteiger partial charge is 0.493 e. The summed E-state index contributed by atoms with van der Waals surface area (Å²) in [5, 5.41) is 2.38. The summed E-state index contributed by atoms with van der Waals surface area (Å²) in [6.45, 7) is 10.3. The van der Waals surface area contributed by atoms with E-state index in [1.807, 2.05) is 13.0 Å². The molecule has 1 aromatic carbocycles. The van der Waals surface area contributed by atoms with Gasteiger partial charge in [0.1, 0.15) is 38.5 Å². The minimum Gasteiger partial charge on any atom is -0.493 e. The molecular formula is C15H26N2O2+2. The molecule has 106 valence electrons. The van der Waals surface area contributed by atoms with Crippen LogP contribution in [0.1, 0.15) is 12.5 Å². The summed E-state index contributed by atoms with van der Waals surface area (Å²) in [5.41, 5.74) is 1.29. The summed E-state index contributed by atoms with van der Waals surface area (Å²) in [4.78, 5) is 1.67. The minimum absolute atomic E-state index is 0.731. The number of nitrogens with two attached hydrogens (primary N) is 1. The van der Waals surface area contributed by atoms with Gasteiger partial charge in [0, 0.05) is 5.56 Å². The summed E-state index contributed by atoms with van der Waals surface area (Å²) < 4.78 is 11.0. The highest BCUT2D eigenvalue weighted by Crippen LogP contribution is 2.16. The molecule has 1 aliphatic rings. The molecule has 1 heterocycles. The maximum absolute atomic E-state index is 5.64. The zero-order valence-corrected chi connectivity index (χ0v) is 11.9. The van der Waals surface area contributed by atoms with Crippen molar-refractivity contribution in [2.45, 2.75) is 13.5 Å². The van der Waals surface area contributed by atoms with Crippen molar-refractivity contribution in [1.82, 2.24) is 0 Å². The lowest BCUT2D eigenvalue weighted by molar-refractivity contribution is -0.920. The van der Waals surface area contributed by atoms with Crippen LogP contribution in [0.15, 0.2) is 24.3 Å². The fourth-order valence-electron chi connectivity index (χ4n) is 2.44. The van der Waals surface area contributed by atoms with Crippen molar-refractivity contribution >= 4 is 0 Å². The van der Waals surface area contributed by atoms with Gasteiger partial charge in [0.15, 0.2) is 0 Å². The number of quaternary nitrogens is 2. The predicted molar refractivity (Wildman–Crippen MR) is 74.5 cm³/mol. The van der Waals surface area contributed by atoms with Gasteiger partial charge in [0.2, 0.25) is 0 Å². The van der Waals surface area contributed by atoms with Gasteiger partial charge in [-0.15, -0.1) is 0 Å². The van der Waals surface area contributed by atoms with E-state index in [0.29, 0.717) is 0 Å². The number of morpholine rings is 1. The predicted octanol–water partition coefficient (Wildman–Crippen LogP) is -0.936. The molecular weight excluding hydrogens is 240 g/mol. The average Bonchev–Trinajstić information content (AvgIpc) is 2.47. The van der Waals surface area contributed by atoms with Crippen LogP contribution in [0.25, 0.3) is 0 Å². The van der Waals surface area contributed by atoms with E-state index in [1.54, 1.807) is 4.90 Å². The van der Waals surface area contributed by atoms with Crippen LogP contribution in [-0.4, -0.2) is 46.0 Å². The lowest BCUT2D eigenvalue weighted by Gasteiger charge is -2.22. The van der Waals surface area contributed by atoms with E-state index in [9.17, 15) is 0 Å². The number of para-hydroxylation sites is 1. The Kier molecular flexibility index (Phi) is 6.14. The highest BCUT2D eigenvalue weighted by Gasteiger charge is 2.13. The Morgan fingerprint density at radius 2 is 2.05 bits per heavy atom. The third kappa shape index (κ3) is 4.82. The Balaban J connectivity index is 1.70. The maximum Gasteiger partial charge on any atom is 0.128 e. The van der Waals surface area contributed by atoms with E-state index in [0.717, 1.165) is 51.7 Å². The molecule has 1 saturated heterocycles. The minimum atomic E-state index is 0.731. The molecule has 19 heavy (non-hydrogen) atoms. The monoisotopic (exact) mass is 266 g/mol. The van der Waals surface area contributed by atoms with Crippen LogP contribution in [0, 0.1) is 0 Å². The Bertz CT molecular complexity index is 365. The Morgan fingerprint density at radius 1 is 1.26 bits per heavy atom. The topological polar surface area (TPSA) is 39.5 Å². The molecule has 0 amide bonds. The van der Waals surface area contributed by atoms with Crippen LogP contribution in [0.3, 0.4) is 0 Å². The molecule has 4 heteroatoms. The molecule has 0 radical (unpaired) electrons. The molecule has 0 bridgehead atoms. The highest BCUT2D eigenvalue weighted by molar-refractivity contribution is 5.32. The number of hydrogen-bond donors (Lipinski definition) is 2. The smallest absolute Gasteiger partial charge is 0.128 e. The third-order valence-corrected chi connectivity index (χ3v) is 3.54. The zero-order valence-electron chi connectivity index (χ0n) is 11.9. The number of rotatable bonds is 7. The zero-order chi connectivity index (χ0) is 13.3. The molecule has 1 aromatic rings. The second-order valence-corrected chi connectivity index (χ2v) is 4.93. The normalized spacial score (nSPS) is 16.5. The Hall–Kier alpha value is -1.10. The van der Waals surface area contributed by atoms with E-state index < -0.39 is 0 Å². The van der Waals surface area contributed by atoms with Gasteiger partial charge in [-0.3, -0.25) is 0 Å². The number of hydrogen-bond acceptors (Lipinski definition) is 2. The van der Waals surface area contributed by atoms with Gasteiger partial charge in [-0.05, 0) is 19.1 Å². The van der Waals surface area contributed by atoms with Crippen molar-refractivity contribution in [3.63, 3.8) is 0 Å². The molecule has 0 saturated carbocycles. The van der Waals surface area contributed by atoms with E-state index in [-0.39, 0.29) is 0 Å². The van der Waals surface area contributed by atoms with E-state index in [1.165, 1.54) is 12.1 Å². The van der Waals surface area contributed by atoms with Gasteiger partial charge in [-0.25, -0.2) is 0 Å². The molecule has 1 aliphatic heterocycles. The van der Waals surface area contributed by atoms with Crippen molar-refractivity contribution in [1.29, 1.82) is 0 Å². The summed E-state index contributed by atoms with van der Waals surface area (Å²) >= 11 is 0. The molecule has 0 atom stereocenters. The average molecular weight is 266 g/mol. The van der Waals surface area contributed by atoms with Gasteiger partial charge in [-0.2, -0.15) is 0 Å². The van der Waals surface area contributed by atoms with E-state index in [2.05, 4.69) is 23.5 Å². The lowest BCUT2D eigenvalue weighted by atomic mass is 10.2. The molecule has 3 N–H and O–H groups in total. The van der Waals surface area contributed by atoms with Gasteiger partial charge >= 0.3 is 0 Å². The van der Waals surface area contributed by atoms with Gasteiger partial charge in [0.05, 0.1) is 19.8 Å². The molecule has 0 spiro atoms. The number of benzene rings is 1. The van der Waals surface area contributed by atoms with Crippen LogP contribution in [-0.2, 0) is 11.3 Å². The van der Waals surface area contributed by atoms with E-state index >= 15 is 0 Å². The summed E-state index contributed by atoms with van der Waals surface area (Å²) in [7, 11) is 0. The molecule has 1 fully saturated rings. The molecule has 0 aliphatic carbocycles. The third-order valence-electron chi connectivity index (χ3n) is 3.54. The molecule has 4 nitrogen and oxygen atoms in total. The fourth-order valence-corrected chi connectivity index (χ4v) is 2.44. The van der Waals surface area contributed by atoms with Gasteiger partial charge < -0.3 is 19.7 Å². The van der Waals surface area contributed by atoms with Crippen LogP contribution in [0.4, 0.5) is 0 Å². The number of ether oxygens (including phenoxy) is 2. The summed E-state index contributed by atoms with van der Waals surface area (Å²) in [6.07, 6.45) is 0. The first kappa shape index (κ1) is 14.3. The van der Waals surface area contributed by atoms with Crippen molar-refractivity contribution in [3.8, 4) is 5.75 Å². The van der Waals surface area contributed by atoms with Crippen LogP contribution < -0.4 is 15.0 Å². The second-order valence-electron chi connectivity index (χ2n) is 4.93. The first-order valence-corrected chi connectivity index (χ1v) is 7.34. The van der Waals surface area contributed by atoms with Crippen molar-refractivity contribution in [3.05, 3.63) is 29.8 Å². The van der Waals surface area contributed by atoms with Crippen LogP contribution in [0.2, 0.25) is 0 Å². The van der Waals surface area contributed by atoms with E-state index in [4.69, 9.17) is 9.47 Å². The molecule has 2 rings (SSSR count). The maximum atomic E-state index is 5.64. The first-order chi connectivity index (χ1) is 9.40. The van der Waals surface area contributed by atoms with Gasteiger partial charge in [0.25, 0.3) is 0 Å². The van der Waals surface area contributed by atoms with Crippen molar-refractivity contribution in [2.24, 2.45) is 0 Å². The van der Waals surface area contributed by atoms with Crippen molar-refractivity contribution in [2.75, 3.05) is 46.0 Å². The van der Waals surface area contributed by atoms with Crippen LogP contribution in [0.5, 0.6) is 5.75 Å². The highest BCUT2D eigenvalue weighted by atomic mass is 16.5. The molecule has 0 aromatic heterocycles. The Morgan fingerprint density at radius 3 is 2.84 bits per heavy atom. The summed E-state index contributed by atoms with van der Waals surface area (Å²) in [5.74, 6) is 1.03. The molecule has 0 unspecified atom stereocenters. The SMILES string of the molecule is CCOc1ccccc1C[NH2+]CC[NH+]1CCOCC1. The quantitative estimate of drug-likeness (QED) is 0.626. The van der Waals surface area contributed by atoms with Gasteiger partial charge in [-0.1, -0.05) is 12.1 Å². The van der Waals surface area contributed by atoms with Crippen molar-refractivity contribution < 1.29 is 19.7 Å². The van der Waals surface area contributed by atoms with Crippen LogP contribution >= 0.6 is 0 Å². The first-order valence-electron chi connectivity index (χ1n) is 7.34. The fraction of sp³-hybridized carbons (Fsp3) is 0.600. The standard InChI is InChI=1S/C15H24N2O2/c1-2-19-15-6-4-3-5-14(15)13-16-7-8-17-9-11-18-12-10-17/h3-6,16H,2,7-13H2,1H3/p+2.